The van der Waals surface area contributed by atoms with E-state index in [-0.39, 0.29) is 5.82 Å². The Bertz CT molecular complexity index is 405. The summed E-state index contributed by atoms with van der Waals surface area (Å²) in [5.41, 5.74) is -0.728. The van der Waals surface area contributed by atoms with Crippen molar-refractivity contribution in [2.75, 3.05) is 25.1 Å². The minimum Gasteiger partial charge on any atom is -0.381 e. The van der Waals surface area contributed by atoms with Crippen molar-refractivity contribution in [3.8, 4) is 0 Å². The number of anilines is 1. The van der Waals surface area contributed by atoms with Gasteiger partial charge in [-0.05, 0) is 37.3 Å². The van der Waals surface area contributed by atoms with Crippen molar-refractivity contribution in [2.45, 2.75) is 25.4 Å². The lowest BCUT2D eigenvalue weighted by molar-refractivity contribution is -0.137. The Morgan fingerprint density at radius 3 is 2.84 bits per heavy atom. The maximum absolute atomic E-state index is 12.7. The van der Waals surface area contributed by atoms with Crippen molar-refractivity contribution in [1.82, 2.24) is 4.98 Å². The van der Waals surface area contributed by atoms with Crippen LogP contribution in [0, 0.1) is 5.92 Å². The average Bonchev–Trinajstić information content (AvgIpc) is 3.17. The lowest BCUT2D eigenvalue weighted by Gasteiger charge is -2.13. The van der Waals surface area contributed by atoms with E-state index in [1.54, 1.807) is 0 Å². The third kappa shape index (κ3) is 4.70. The summed E-state index contributed by atoms with van der Waals surface area (Å²) in [6, 6.07) is 2.31. The van der Waals surface area contributed by atoms with Crippen LogP contribution in [0.1, 0.15) is 24.8 Å². The summed E-state index contributed by atoms with van der Waals surface area (Å²) >= 11 is 0. The van der Waals surface area contributed by atoms with E-state index < -0.39 is 11.7 Å². The van der Waals surface area contributed by atoms with E-state index >= 15 is 0 Å². The molecule has 1 fully saturated rings. The third-order valence-corrected chi connectivity index (χ3v) is 2.92. The largest absolute Gasteiger partial charge is 0.419 e. The molecule has 2 rings (SSSR count). The van der Waals surface area contributed by atoms with Crippen LogP contribution in [-0.2, 0) is 10.9 Å². The van der Waals surface area contributed by atoms with Crippen molar-refractivity contribution < 1.29 is 17.9 Å². The zero-order valence-electron chi connectivity index (χ0n) is 10.5. The fourth-order valence-electron chi connectivity index (χ4n) is 1.69. The highest BCUT2D eigenvalue weighted by Gasteiger charge is 2.33. The minimum absolute atomic E-state index is 0.114. The van der Waals surface area contributed by atoms with E-state index in [9.17, 15) is 13.2 Å². The monoisotopic (exact) mass is 274 g/mol. The van der Waals surface area contributed by atoms with Crippen LogP contribution in [0.25, 0.3) is 0 Å². The topological polar surface area (TPSA) is 34.2 Å². The molecule has 1 aromatic heterocycles. The van der Waals surface area contributed by atoms with Crippen molar-refractivity contribution >= 4 is 5.82 Å². The quantitative estimate of drug-likeness (QED) is 0.774. The van der Waals surface area contributed by atoms with Crippen LogP contribution < -0.4 is 5.32 Å². The Hall–Kier alpha value is -1.30. The summed E-state index contributed by atoms with van der Waals surface area (Å²) in [5.74, 6) is 0.595. The van der Waals surface area contributed by atoms with Gasteiger partial charge < -0.3 is 10.1 Å². The molecule has 106 valence electrons. The minimum atomic E-state index is -4.38. The zero-order chi connectivity index (χ0) is 13.7. The highest BCUT2D eigenvalue weighted by Crippen LogP contribution is 2.33. The number of nitrogens with one attached hydrogen (secondary N) is 1. The number of pyridine rings is 1. The van der Waals surface area contributed by atoms with E-state index in [0.29, 0.717) is 25.5 Å². The maximum atomic E-state index is 12.7. The summed E-state index contributed by atoms with van der Waals surface area (Å²) in [7, 11) is 0. The van der Waals surface area contributed by atoms with Gasteiger partial charge in [0.25, 0.3) is 0 Å². The first-order valence-electron chi connectivity index (χ1n) is 6.41. The van der Waals surface area contributed by atoms with E-state index in [0.717, 1.165) is 12.7 Å². The Labute approximate surface area is 110 Å². The molecule has 3 nitrogen and oxygen atoms in total. The lowest BCUT2D eigenvalue weighted by Crippen LogP contribution is -2.14. The normalized spacial score (nSPS) is 15.5. The summed E-state index contributed by atoms with van der Waals surface area (Å²) in [5, 5.41) is 2.71. The van der Waals surface area contributed by atoms with Gasteiger partial charge in [-0.1, -0.05) is 0 Å². The first-order valence-corrected chi connectivity index (χ1v) is 6.41. The Morgan fingerprint density at radius 2 is 2.16 bits per heavy atom. The van der Waals surface area contributed by atoms with Crippen LogP contribution in [-0.4, -0.2) is 24.7 Å². The number of aromatic nitrogens is 1. The number of alkyl halides is 3. The van der Waals surface area contributed by atoms with Gasteiger partial charge in [0.15, 0.2) is 0 Å². The molecule has 0 aliphatic heterocycles. The first-order chi connectivity index (χ1) is 9.07. The second-order valence-electron chi connectivity index (χ2n) is 4.70. The molecule has 0 unspecified atom stereocenters. The number of rotatable bonds is 7. The molecule has 0 aromatic carbocycles. The van der Waals surface area contributed by atoms with Crippen molar-refractivity contribution in [3.63, 3.8) is 0 Å². The van der Waals surface area contributed by atoms with Gasteiger partial charge in [-0.15, -0.1) is 0 Å². The lowest BCUT2D eigenvalue weighted by atomic mass is 10.2. The Kier molecular flexibility index (Phi) is 4.63. The molecule has 19 heavy (non-hydrogen) atoms. The number of nitrogens with zero attached hydrogens (tertiary/aromatic N) is 1. The second-order valence-corrected chi connectivity index (χ2v) is 4.70. The second kappa shape index (κ2) is 6.23. The molecular weight excluding hydrogens is 257 g/mol. The summed E-state index contributed by atoms with van der Waals surface area (Å²) in [6.45, 7) is 1.76. The van der Waals surface area contributed by atoms with Crippen LogP contribution >= 0.6 is 0 Å². The number of hydrogen-bond donors (Lipinski definition) is 1. The summed E-state index contributed by atoms with van der Waals surface area (Å²) in [6.07, 6.45) is 0.114. The smallest absolute Gasteiger partial charge is 0.381 e. The van der Waals surface area contributed by atoms with E-state index in [1.807, 2.05) is 0 Å². The molecule has 1 N–H and O–H groups in total. The number of ether oxygens (including phenoxy) is 1. The van der Waals surface area contributed by atoms with Gasteiger partial charge in [-0.25, -0.2) is 4.98 Å². The van der Waals surface area contributed by atoms with Crippen LogP contribution in [0.4, 0.5) is 19.0 Å². The average molecular weight is 274 g/mol. The fourth-order valence-corrected chi connectivity index (χ4v) is 1.69. The van der Waals surface area contributed by atoms with Gasteiger partial charge in [-0.3, -0.25) is 0 Å². The van der Waals surface area contributed by atoms with Gasteiger partial charge in [0.05, 0.1) is 5.56 Å². The van der Waals surface area contributed by atoms with Gasteiger partial charge in [0.2, 0.25) is 0 Å². The van der Waals surface area contributed by atoms with Crippen LogP contribution in [0.15, 0.2) is 18.3 Å². The Morgan fingerprint density at radius 1 is 1.37 bits per heavy atom. The van der Waals surface area contributed by atoms with Crippen LogP contribution in [0.3, 0.4) is 0 Å². The van der Waals surface area contributed by atoms with Gasteiger partial charge >= 0.3 is 6.18 Å². The molecule has 0 amide bonds. The van der Waals surface area contributed by atoms with E-state index in [1.165, 1.54) is 25.1 Å². The first kappa shape index (κ1) is 14.1. The van der Waals surface area contributed by atoms with Gasteiger partial charge in [0.1, 0.15) is 5.82 Å². The van der Waals surface area contributed by atoms with Crippen molar-refractivity contribution in [2.24, 2.45) is 5.92 Å². The molecule has 1 aromatic rings. The molecular formula is C13H17F3N2O. The summed E-state index contributed by atoms with van der Waals surface area (Å²) < 4.78 is 43.4. The predicted octanol–water partition coefficient (Wildman–Crippen LogP) is 3.33. The van der Waals surface area contributed by atoms with Crippen molar-refractivity contribution in [3.05, 3.63) is 23.9 Å². The van der Waals surface area contributed by atoms with Gasteiger partial charge in [-0.2, -0.15) is 13.2 Å². The van der Waals surface area contributed by atoms with Crippen molar-refractivity contribution in [1.29, 1.82) is 0 Å². The predicted molar refractivity (Wildman–Crippen MR) is 65.9 cm³/mol. The van der Waals surface area contributed by atoms with Crippen LogP contribution in [0.5, 0.6) is 0 Å². The molecule has 0 bridgehead atoms. The zero-order valence-corrected chi connectivity index (χ0v) is 10.5. The standard InChI is InChI=1S/C13H17F3N2O/c14-13(15,16)11-3-1-6-17-12(11)18-7-2-8-19-9-10-4-5-10/h1,3,6,10H,2,4-5,7-9H2,(H,17,18). The molecule has 6 heteroatoms. The molecule has 1 heterocycles. The van der Waals surface area contributed by atoms with E-state index in [2.05, 4.69) is 10.3 Å². The molecule has 0 saturated heterocycles. The Balaban J connectivity index is 1.72. The fraction of sp³-hybridized carbons (Fsp3) is 0.615. The molecule has 1 aliphatic carbocycles. The number of hydrogen-bond acceptors (Lipinski definition) is 3. The van der Waals surface area contributed by atoms with E-state index in [4.69, 9.17) is 4.74 Å². The molecule has 1 aliphatic rings. The SMILES string of the molecule is FC(F)(F)c1cccnc1NCCCOCC1CC1. The maximum Gasteiger partial charge on any atom is 0.419 e. The van der Waals surface area contributed by atoms with Gasteiger partial charge in [0, 0.05) is 26.0 Å². The molecule has 0 radical (unpaired) electrons. The van der Waals surface area contributed by atoms with Crippen LogP contribution in [0.2, 0.25) is 0 Å². The highest BCUT2D eigenvalue weighted by atomic mass is 19.4. The molecule has 0 spiro atoms. The highest BCUT2D eigenvalue weighted by molar-refractivity contribution is 5.45. The third-order valence-electron chi connectivity index (χ3n) is 2.92. The number of halogens is 3. The summed E-state index contributed by atoms with van der Waals surface area (Å²) in [4.78, 5) is 3.73. The molecule has 0 atom stereocenters. The molecule has 1 saturated carbocycles.